The monoisotopic (exact) mass is 282 g/mol. The number of amides is 2. The van der Waals surface area contributed by atoms with Crippen LogP contribution < -0.4 is 0 Å². The quantitative estimate of drug-likeness (QED) is 0.814. The summed E-state index contributed by atoms with van der Waals surface area (Å²) in [7, 11) is 3.34. The molecular weight excluding hydrogens is 260 g/mol. The van der Waals surface area contributed by atoms with Crippen LogP contribution in [0.25, 0.3) is 0 Å². The van der Waals surface area contributed by atoms with Gasteiger partial charge >= 0.3 is 5.97 Å². The third-order valence-electron chi connectivity index (χ3n) is 4.62. The van der Waals surface area contributed by atoms with Crippen LogP contribution in [0.1, 0.15) is 26.7 Å². The van der Waals surface area contributed by atoms with Gasteiger partial charge in [-0.3, -0.25) is 14.4 Å². The molecule has 1 saturated carbocycles. The van der Waals surface area contributed by atoms with Crippen LogP contribution in [0.4, 0.5) is 0 Å². The standard InChI is InChI=1S/C14H22N2O4/c1-14(2)9(10(14)13(19)20)12(18)16-7-5-6-8(16)11(17)15(3)4/h8-10H,5-7H2,1-4H3,(H,19,20). The second-order valence-corrected chi connectivity index (χ2v) is 6.54. The number of nitrogens with zero attached hydrogens (tertiary/aromatic N) is 2. The van der Waals surface area contributed by atoms with Gasteiger partial charge in [-0.05, 0) is 18.3 Å². The second kappa shape index (κ2) is 4.75. The van der Waals surface area contributed by atoms with Crippen molar-refractivity contribution in [3.63, 3.8) is 0 Å². The number of likely N-dealkylation sites (tertiary alicyclic amines) is 1. The topological polar surface area (TPSA) is 77.9 Å². The van der Waals surface area contributed by atoms with Gasteiger partial charge < -0.3 is 14.9 Å². The molecule has 6 nitrogen and oxygen atoms in total. The maximum Gasteiger partial charge on any atom is 0.307 e. The molecule has 2 amide bonds. The molecule has 1 N–H and O–H groups in total. The summed E-state index contributed by atoms with van der Waals surface area (Å²) in [5, 5.41) is 9.17. The Morgan fingerprint density at radius 3 is 2.25 bits per heavy atom. The fourth-order valence-electron chi connectivity index (χ4n) is 3.32. The summed E-state index contributed by atoms with van der Waals surface area (Å²) in [6, 6.07) is -0.427. The van der Waals surface area contributed by atoms with Gasteiger partial charge in [0.2, 0.25) is 11.8 Å². The molecule has 0 spiro atoms. The molecule has 2 fully saturated rings. The van der Waals surface area contributed by atoms with Crippen LogP contribution in [0, 0.1) is 17.3 Å². The van der Waals surface area contributed by atoms with E-state index in [0.29, 0.717) is 13.0 Å². The zero-order chi connectivity index (χ0) is 15.2. The van der Waals surface area contributed by atoms with Crippen LogP contribution in [-0.4, -0.2) is 59.4 Å². The average molecular weight is 282 g/mol. The predicted molar refractivity (Wildman–Crippen MR) is 71.8 cm³/mol. The minimum atomic E-state index is -0.928. The van der Waals surface area contributed by atoms with Crippen molar-refractivity contribution in [3.05, 3.63) is 0 Å². The lowest BCUT2D eigenvalue weighted by Gasteiger charge is -2.26. The van der Waals surface area contributed by atoms with E-state index in [9.17, 15) is 14.4 Å². The number of hydrogen-bond acceptors (Lipinski definition) is 3. The molecular formula is C14H22N2O4. The Bertz CT molecular complexity index is 458. The smallest absolute Gasteiger partial charge is 0.307 e. The molecule has 2 aliphatic rings. The SMILES string of the molecule is CN(C)C(=O)C1CCCN1C(=O)C1C(C(=O)O)C1(C)C. The zero-order valence-electron chi connectivity index (χ0n) is 12.4. The normalized spacial score (nSPS) is 31.0. The van der Waals surface area contributed by atoms with Crippen LogP contribution in [-0.2, 0) is 14.4 Å². The van der Waals surface area contributed by atoms with Crippen molar-refractivity contribution in [1.82, 2.24) is 9.80 Å². The van der Waals surface area contributed by atoms with Gasteiger partial charge in [-0.2, -0.15) is 0 Å². The number of carboxylic acid groups (broad SMARTS) is 1. The Balaban J connectivity index is 2.14. The molecule has 1 aliphatic heterocycles. The minimum absolute atomic E-state index is 0.0822. The Labute approximate surface area is 118 Å². The molecule has 2 rings (SSSR count). The number of carbonyl (C=O) groups excluding carboxylic acids is 2. The highest BCUT2D eigenvalue weighted by Crippen LogP contribution is 2.59. The Hall–Kier alpha value is -1.59. The van der Waals surface area contributed by atoms with E-state index in [0.717, 1.165) is 6.42 Å². The van der Waals surface area contributed by atoms with E-state index in [4.69, 9.17) is 5.11 Å². The third kappa shape index (κ3) is 2.17. The van der Waals surface area contributed by atoms with Gasteiger partial charge in [0.15, 0.2) is 0 Å². The van der Waals surface area contributed by atoms with E-state index >= 15 is 0 Å². The first-order valence-electron chi connectivity index (χ1n) is 6.94. The highest BCUT2D eigenvalue weighted by atomic mass is 16.4. The van der Waals surface area contributed by atoms with Crippen molar-refractivity contribution in [2.75, 3.05) is 20.6 Å². The van der Waals surface area contributed by atoms with E-state index in [1.54, 1.807) is 32.8 Å². The molecule has 1 saturated heterocycles. The highest BCUT2D eigenvalue weighted by Gasteiger charge is 2.67. The Morgan fingerprint density at radius 1 is 1.20 bits per heavy atom. The van der Waals surface area contributed by atoms with Crippen LogP contribution in [0.15, 0.2) is 0 Å². The van der Waals surface area contributed by atoms with Crippen LogP contribution >= 0.6 is 0 Å². The number of hydrogen-bond donors (Lipinski definition) is 1. The van der Waals surface area contributed by atoms with E-state index in [1.807, 2.05) is 0 Å². The van der Waals surface area contributed by atoms with Crippen molar-refractivity contribution >= 4 is 17.8 Å². The zero-order valence-corrected chi connectivity index (χ0v) is 12.4. The second-order valence-electron chi connectivity index (χ2n) is 6.54. The molecule has 0 radical (unpaired) electrons. The maximum absolute atomic E-state index is 12.6. The predicted octanol–water partition coefficient (Wildman–Crippen LogP) is 0.422. The average Bonchev–Trinajstić information content (AvgIpc) is 2.74. The van der Waals surface area contributed by atoms with Gasteiger partial charge in [0.05, 0.1) is 11.8 Å². The number of likely N-dealkylation sites (N-methyl/N-ethyl adjacent to an activating group) is 1. The summed E-state index contributed by atoms with van der Waals surface area (Å²) >= 11 is 0. The van der Waals surface area contributed by atoms with Gasteiger partial charge in [0.1, 0.15) is 6.04 Å². The van der Waals surface area contributed by atoms with Gasteiger partial charge in [0.25, 0.3) is 0 Å². The molecule has 20 heavy (non-hydrogen) atoms. The van der Waals surface area contributed by atoms with Gasteiger partial charge in [0, 0.05) is 20.6 Å². The van der Waals surface area contributed by atoms with Crippen molar-refractivity contribution in [3.8, 4) is 0 Å². The lowest BCUT2D eigenvalue weighted by Crippen LogP contribution is -2.46. The van der Waals surface area contributed by atoms with E-state index in [-0.39, 0.29) is 11.8 Å². The molecule has 3 atom stereocenters. The van der Waals surface area contributed by atoms with E-state index in [1.165, 1.54) is 4.90 Å². The number of carboxylic acids is 1. The van der Waals surface area contributed by atoms with E-state index < -0.39 is 29.3 Å². The van der Waals surface area contributed by atoms with Crippen molar-refractivity contribution in [2.45, 2.75) is 32.7 Å². The maximum atomic E-state index is 12.6. The number of rotatable bonds is 3. The molecule has 3 unspecified atom stereocenters. The van der Waals surface area contributed by atoms with Crippen molar-refractivity contribution in [1.29, 1.82) is 0 Å². The molecule has 6 heteroatoms. The summed E-state index contributed by atoms with van der Waals surface area (Å²) < 4.78 is 0. The first kappa shape index (κ1) is 14.8. The summed E-state index contributed by atoms with van der Waals surface area (Å²) in [5.74, 6) is -2.33. The summed E-state index contributed by atoms with van der Waals surface area (Å²) in [6.45, 7) is 4.14. The summed E-state index contributed by atoms with van der Waals surface area (Å²) in [6.07, 6.45) is 1.45. The number of aliphatic carboxylic acids is 1. The fraction of sp³-hybridized carbons (Fsp3) is 0.786. The molecule has 0 aromatic rings. The van der Waals surface area contributed by atoms with Crippen LogP contribution in [0.2, 0.25) is 0 Å². The Kier molecular flexibility index (Phi) is 3.52. The summed E-state index contributed by atoms with van der Waals surface area (Å²) in [5.41, 5.74) is -0.517. The molecule has 0 aromatic heterocycles. The first-order valence-corrected chi connectivity index (χ1v) is 6.94. The van der Waals surface area contributed by atoms with Crippen molar-refractivity contribution in [2.24, 2.45) is 17.3 Å². The van der Waals surface area contributed by atoms with Gasteiger partial charge in [-0.25, -0.2) is 0 Å². The van der Waals surface area contributed by atoms with Crippen LogP contribution in [0.5, 0.6) is 0 Å². The molecule has 0 bridgehead atoms. The highest BCUT2D eigenvalue weighted by molar-refractivity contribution is 5.95. The van der Waals surface area contributed by atoms with Gasteiger partial charge in [-0.15, -0.1) is 0 Å². The molecule has 112 valence electrons. The summed E-state index contributed by atoms with van der Waals surface area (Å²) in [4.78, 5) is 38.9. The third-order valence-corrected chi connectivity index (χ3v) is 4.62. The van der Waals surface area contributed by atoms with Gasteiger partial charge in [-0.1, -0.05) is 13.8 Å². The lowest BCUT2D eigenvalue weighted by atomic mass is 10.1. The minimum Gasteiger partial charge on any atom is -0.481 e. The fourth-order valence-corrected chi connectivity index (χ4v) is 3.32. The first-order chi connectivity index (χ1) is 9.19. The molecule has 0 aromatic carbocycles. The number of carbonyl (C=O) groups is 3. The molecule has 1 heterocycles. The largest absolute Gasteiger partial charge is 0.481 e. The van der Waals surface area contributed by atoms with E-state index in [2.05, 4.69) is 0 Å². The van der Waals surface area contributed by atoms with Crippen LogP contribution in [0.3, 0.4) is 0 Å². The lowest BCUT2D eigenvalue weighted by molar-refractivity contribution is -0.145. The van der Waals surface area contributed by atoms with Crippen molar-refractivity contribution < 1.29 is 19.5 Å². The molecule has 1 aliphatic carbocycles. The Morgan fingerprint density at radius 2 is 1.80 bits per heavy atom.